The molecule has 11 heteroatoms. The van der Waals surface area contributed by atoms with Crippen molar-refractivity contribution in [3.63, 3.8) is 0 Å². The second-order valence-electron chi connectivity index (χ2n) is 4.15. The number of nitrogens with two attached hydrogens (primary N) is 1. The number of primary sulfonamides is 1. The topological polar surface area (TPSA) is 118 Å². The molecule has 22 heavy (non-hydrogen) atoms. The SMILES string of the molecule is NS(=O)(=O)c1ccc(CNC(=O)CNC(=O)C(F)(F)F)cc1. The standard InChI is InChI=1S/C11H12F3N3O4S/c12-11(13,14)10(19)17-6-9(18)16-5-7-1-3-8(4-2-7)22(15,20)21/h1-4H,5-6H2,(H,16,18)(H,17,19)(H2,15,20,21). The van der Waals surface area contributed by atoms with Gasteiger partial charge in [0.15, 0.2) is 0 Å². The number of alkyl halides is 3. The Morgan fingerprint density at radius 2 is 1.64 bits per heavy atom. The largest absolute Gasteiger partial charge is 0.471 e. The molecule has 0 fully saturated rings. The van der Waals surface area contributed by atoms with E-state index in [0.29, 0.717) is 5.56 Å². The van der Waals surface area contributed by atoms with Gasteiger partial charge in [0.25, 0.3) is 0 Å². The lowest BCUT2D eigenvalue weighted by Crippen LogP contribution is -2.42. The first kappa shape index (κ1) is 17.9. The molecule has 0 saturated heterocycles. The summed E-state index contributed by atoms with van der Waals surface area (Å²) in [4.78, 5) is 21.6. The van der Waals surface area contributed by atoms with Gasteiger partial charge in [0.05, 0.1) is 11.4 Å². The number of amides is 2. The van der Waals surface area contributed by atoms with Crippen molar-refractivity contribution in [2.45, 2.75) is 17.6 Å². The summed E-state index contributed by atoms with van der Waals surface area (Å²) in [7, 11) is -3.82. The molecule has 0 radical (unpaired) electrons. The van der Waals surface area contributed by atoms with Crippen LogP contribution < -0.4 is 15.8 Å². The number of sulfonamides is 1. The first-order valence-electron chi connectivity index (χ1n) is 5.73. The van der Waals surface area contributed by atoms with Crippen LogP contribution in [0.15, 0.2) is 29.2 Å². The Morgan fingerprint density at radius 1 is 1.09 bits per heavy atom. The summed E-state index contributed by atoms with van der Waals surface area (Å²) in [5.74, 6) is -3.03. The zero-order valence-corrected chi connectivity index (χ0v) is 11.8. The van der Waals surface area contributed by atoms with E-state index in [1.165, 1.54) is 29.6 Å². The van der Waals surface area contributed by atoms with Gasteiger partial charge in [-0.05, 0) is 17.7 Å². The summed E-state index contributed by atoms with van der Waals surface area (Å²) in [6.45, 7) is -0.876. The van der Waals surface area contributed by atoms with E-state index in [0.717, 1.165) is 0 Å². The van der Waals surface area contributed by atoms with Crippen molar-refractivity contribution in [2.75, 3.05) is 6.54 Å². The molecule has 2 amide bonds. The molecule has 1 rings (SSSR count). The predicted molar refractivity (Wildman–Crippen MR) is 68.7 cm³/mol. The Bertz CT molecular complexity index is 656. The first-order valence-corrected chi connectivity index (χ1v) is 7.28. The highest BCUT2D eigenvalue weighted by Gasteiger charge is 2.38. The average molecular weight is 339 g/mol. The molecule has 0 atom stereocenters. The van der Waals surface area contributed by atoms with Crippen LogP contribution in [-0.4, -0.2) is 33.0 Å². The van der Waals surface area contributed by atoms with Crippen molar-refractivity contribution in [2.24, 2.45) is 5.14 Å². The summed E-state index contributed by atoms with van der Waals surface area (Å²) in [6, 6.07) is 5.22. The Kier molecular flexibility index (Phi) is 5.49. The van der Waals surface area contributed by atoms with Crippen LogP contribution in [0.5, 0.6) is 0 Å². The fraction of sp³-hybridized carbons (Fsp3) is 0.273. The van der Waals surface area contributed by atoms with Gasteiger partial charge in [-0.15, -0.1) is 0 Å². The van der Waals surface area contributed by atoms with E-state index in [-0.39, 0.29) is 11.4 Å². The Hall–Kier alpha value is -2.14. The molecule has 0 aliphatic heterocycles. The number of carbonyl (C=O) groups is 2. The van der Waals surface area contributed by atoms with Crippen molar-refractivity contribution in [3.05, 3.63) is 29.8 Å². The van der Waals surface area contributed by atoms with Crippen molar-refractivity contribution in [1.82, 2.24) is 10.6 Å². The number of carbonyl (C=O) groups excluding carboxylic acids is 2. The first-order chi connectivity index (χ1) is 10.00. The summed E-state index contributed by atoms with van der Waals surface area (Å²) < 4.78 is 57.7. The lowest BCUT2D eigenvalue weighted by atomic mass is 10.2. The van der Waals surface area contributed by atoms with Crippen LogP contribution in [0.1, 0.15) is 5.56 Å². The van der Waals surface area contributed by atoms with Gasteiger partial charge >= 0.3 is 12.1 Å². The number of rotatable bonds is 5. The summed E-state index contributed by atoms with van der Waals surface area (Å²) >= 11 is 0. The fourth-order valence-corrected chi connectivity index (χ4v) is 1.84. The number of hydrogen-bond acceptors (Lipinski definition) is 4. The maximum absolute atomic E-state index is 11.9. The Labute approximate surface area is 123 Å². The lowest BCUT2D eigenvalue weighted by Gasteiger charge is -2.09. The van der Waals surface area contributed by atoms with E-state index >= 15 is 0 Å². The molecule has 1 aromatic carbocycles. The lowest BCUT2D eigenvalue weighted by molar-refractivity contribution is -0.173. The van der Waals surface area contributed by atoms with Crippen molar-refractivity contribution in [3.8, 4) is 0 Å². The molecule has 0 heterocycles. The monoisotopic (exact) mass is 339 g/mol. The predicted octanol–water partition coefficient (Wildman–Crippen LogP) is -0.371. The fourth-order valence-electron chi connectivity index (χ4n) is 1.32. The molecule has 0 saturated carbocycles. The van der Waals surface area contributed by atoms with Crippen molar-refractivity contribution in [1.29, 1.82) is 0 Å². The molecule has 0 aliphatic rings. The van der Waals surface area contributed by atoms with Gasteiger partial charge in [-0.3, -0.25) is 9.59 Å². The van der Waals surface area contributed by atoms with Gasteiger partial charge in [-0.1, -0.05) is 12.1 Å². The smallest absolute Gasteiger partial charge is 0.350 e. The van der Waals surface area contributed by atoms with E-state index < -0.39 is 34.6 Å². The van der Waals surface area contributed by atoms with Gasteiger partial charge in [-0.25, -0.2) is 13.6 Å². The van der Waals surface area contributed by atoms with Gasteiger partial charge in [0, 0.05) is 6.54 Å². The van der Waals surface area contributed by atoms with E-state index in [1.807, 2.05) is 0 Å². The second kappa shape index (κ2) is 6.75. The summed E-state index contributed by atoms with van der Waals surface area (Å²) in [5, 5.41) is 8.58. The van der Waals surface area contributed by atoms with Crippen LogP contribution in [0.3, 0.4) is 0 Å². The normalized spacial score (nSPS) is 11.8. The molecule has 0 bridgehead atoms. The molecular weight excluding hydrogens is 327 g/mol. The maximum atomic E-state index is 11.9. The van der Waals surface area contributed by atoms with Crippen molar-refractivity contribution < 1.29 is 31.2 Å². The third-order valence-corrected chi connectivity index (χ3v) is 3.34. The minimum Gasteiger partial charge on any atom is -0.350 e. The van der Waals surface area contributed by atoms with E-state index in [2.05, 4.69) is 5.32 Å². The quantitative estimate of drug-likeness (QED) is 0.678. The molecular formula is C11H12F3N3O4S. The van der Waals surface area contributed by atoms with Crippen LogP contribution in [0.2, 0.25) is 0 Å². The minimum atomic E-state index is -5.05. The Balaban J connectivity index is 2.46. The van der Waals surface area contributed by atoms with Crippen LogP contribution in [-0.2, 0) is 26.2 Å². The minimum absolute atomic E-state index is 0.0500. The third-order valence-electron chi connectivity index (χ3n) is 2.41. The van der Waals surface area contributed by atoms with Crippen LogP contribution in [0.4, 0.5) is 13.2 Å². The van der Waals surface area contributed by atoms with Gasteiger partial charge in [-0.2, -0.15) is 13.2 Å². The molecule has 4 N–H and O–H groups in total. The summed E-state index contributed by atoms with van der Waals surface area (Å²) in [5.41, 5.74) is 0.503. The zero-order valence-electron chi connectivity index (χ0n) is 11.0. The average Bonchev–Trinajstić information content (AvgIpc) is 2.40. The molecule has 0 aliphatic carbocycles. The van der Waals surface area contributed by atoms with E-state index in [4.69, 9.17) is 5.14 Å². The van der Waals surface area contributed by atoms with Gasteiger partial charge < -0.3 is 10.6 Å². The van der Waals surface area contributed by atoms with Gasteiger partial charge in [0.1, 0.15) is 0 Å². The van der Waals surface area contributed by atoms with E-state index in [1.54, 1.807) is 0 Å². The van der Waals surface area contributed by atoms with Crippen molar-refractivity contribution >= 4 is 21.8 Å². The molecule has 0 spiro atoms. The van der Waals surface area contributed by atoms with E-state index in [9.17, 15) is 31.2 Å². The van der Waals surface area contributed by atoms with Crippen LogP contribution in [0.25, 0.3) is 0 Å². The van der Waals surface area contributed by atoms with Gasteiger partial charge in [0.2, 0.25) is 15.9 Å². The van der Waals surface area contributed by atoms with Crippen LogP contribution in [0, 0.1) is 0 Å². The Morgan fingerprint density at radius 3 is 2.09 bits per heavy atom. The number of halogens is 3. The highest BCUT2D eigenvalue weighted by atomic mass is 32.2. The zero-order chi connectivity index (χ0) is 17.0. The molecule has 7 nitrogen and oxygen atoms in total. The molecule has 122 valence electrons. The summed E-state index contributed by atoms with van der Waals surface area (Å²) in [6.07, 6.45) is -5.05. The maximum Gasteiger partial charge on any atom is 0.471 e. The second-order valence-corrected chi connectivity index (χ2v) is 5.71. The molecule has 1 aromatic rings. The number of nitrogens with one attached hydrogen (secondary N) is 2. The third kappa shape index (κ3) is 5.69. The number of hydrogen-bond donors (Lipinski definition) is 3. The number of benzene rings is 1. The highest BCUT2D eigenvalue weighted by Crippen LogP contribution is 2.13. The molecule has 0 unspecified atom stereocenters. The van der Waals surface area contributed by atoms with Crippen LogP contribution >= 0.6 is 0 Å². The molecule has 0 aromatic heterocycles. The highest BCUT2D eigenvalue weighted by molar-refractivity contribution is 7.89.